The lowest BCUT2D eigenvalue weighted by molar-refractivity contribution is 0.305. The van der Waals surface area contributed by atoms with Gasteiger partial charge in [0.2, 0.25) is 0 Å². The van der Waals surface area contributed by atoms with E-state index in [1.807, 2.05) is 13.8 Å². The van der Waals surface area contributed by atoms with E-state index < -0.39 is 0 Å². The summed E-state index contributed by atoms with van der Waals surface area (Å²) in [6, 6.07) is 5.92. The van der Waals surface area contributed by atoms with Gasteiger partial charge in [0.25, 0.3) is 0 Å². The third-order valence-electron chi connectivity index (χ3n) is 2.36. The van der Waals surface area contributed by atoms with Crippen LogP contribution in [0.25, 0.3) is 0 Å². The summed E-state index contributed by atoms with van der Waals surface area (Å²) < 4.78 is 18.2. The molecular formula is C13H15FN2OS. The van der Waals surface area contributed by atoms with Crippen LogP contribution in [0.2, 0.25) is 0 Å². The maximum atomic E-state index is 12.7. The van der Waals surface area contributed by atoms with E-state index in [-0.39, 0.29) is 11.4 Å². The maximum Gasteiger partial charge on any atom is 0.140 e. The Kier molecular flexibility index (Phi) is 3.63. The second-order valence-corrected chi connectivity index (χ2v) is 5.70. The SMILES string of the molecule is CC(C)(N)c1cnc(COc2ccc(F)cc2)s1. The predicted octanol–water partition coefficient (Wildman–Crippen LogP) is 3.06. The quantitative estimate of drug-likeness (QED) is 0.925. The molecule has 18 heavy (non-hydrogen) atoms. The molecule has 2 N–H and O–H groups in total. The third kappa shape index (κ3) is 3.27. The van der Waals surface area contributed by atoms with Crippen molar-refractivity contribution in [3.05, 3.63) is 46.2 Å². The van der Waals surface area contributed by atoms with Crippen LogP contribution in [0.5, 0.6) is 5.75 Å². The summed E-state index contributed by atoms with van der Waals surface area (Å²) in [5, 5.41) is 0.854. The number of halogens is 1. The number of aromatic nitrogens is 1. The molecule has 0 aliphatic carbocycles. The molecule has 1 heterocycles. The van der Waals surface area contributed by atoms with E-state index in [4.69, 9.17) is 10.5 Å². The number of nitrogens with two attached hydrogens (primary N) is 1. The van der Waals surface area contributed by atoms with Gasteiger partial charge in [0, 0.05) is 16.6 Å². The molecule has 0 saturated heterocycles. The number of rotatable bonds is 4. The van der Waals surface area contributed by atoms with E-state index in [2.05, 4.69) is 4.98 Å². The fraction of sp³-hybridized carbons (Fsp3) is 0.308. The van der Waals surface area contributed by atoms with Gasteiger partial charge in [-0.25, -0.2) is 9.37 Å². The van der Waals surface area contributed by atoms with Gasteiger partial charge in [-0.3, -0.25) is 0 Å². The standard InChI is InChI=1S/C13H15FN2OS/c1-13(2,15)11-7-16-12(18-11)8-17-10-5-3-9(14)4-6-10/h3-7H,8,15H2,1-2H3. The van der Waals surface area contributed by atoms with Crippen LogP contribution in [-0.4, -0.2) is 4.98 Å². The van der Waals surface area contributed by atoms with Crippen LogP contribution >= 0.6 is 11.3 Å². The second kappa shape index (κ2) is 5.04. The summed E-state index contributed by atoms with van der Waals surface area (Å²) in [7, 11) is 0. The van der Waals surface area contributed by atoms with Crippen molar-refractivity contribution in [3.8, 4) is 5.75 Å². The maximum absolute atomic E-state index is 12.7. The zero-order valence-electron chi connectivity index (χ0n) is 10.3. The number of thiazole rings is 1. The molecule has 2 aromatic rings. The van der Waals surface area contributed by atoms with Gasteiger partial charge < -0.3 is 10.5 Å². The van der Waals surface area contributed by atoms with Gasteiger partial charge in [0.15, 0.2) is 0 Å². The molecule has 0 bridgehead atoms. The van der Waals surface area contributed by atoms with Gasteiger partial charge in [-0.15, -0.1) is 11.3 Å². The summed E-state index contributed by atoms with van der Waals surface area (Å²) in [5.74, 6) is 0.351. The Morgan fingerprint density at radius 1 is 1.33 bits per heavy atom. The smallest absolute Gasteiger partial charge is 0.140 e. The number of hydrogen-bond acceptors (Lipinski definition) is 4. The molecule has 1 aromatic heterocycles. The molecule has 2 rings (SSSR count). The summed E-state index contributed by atoms with van der Waals surface area (Å²) >= 11 is 1.53. The normalized spacial score (nSPS) is 11.6. The molecule has 3 nitrogen and oxygen atoms in total. The van der Waals surface area contributed by atoms with Crippen LogP contribution in [0.4, 0.5) is 4.39 Å². The van der Waals surface area contributed by atoms with E-state index in [1.165, 1.54) is 23.5 Å². The summed E-state index contributed by atoms with van der Waals surface area (Å²) in [6.45, 7) is 4.24. The zero-order chi connectivity index (χ0) is 13.2. The summed E-state index contributed by atoms with van der Waals surface area (Å²) in [6.07, 6.45) is 1.77. The van der Waals surface area contributed by atoms with Crippen molar-refractivity contribution in [2.24, 2.45) is 5.73 Å². The first-order valence-electron chi connectivity index (χ1n) is 5.57. The van der Waals surface area contributed by atoms with E-state index >= 15 is 0 Å². The average Bonchev–Trinajstić information content (AvgIpc) is 2.77. The number of ether oxygens (including phenoxy) is 1. The van der Waals surface area contributed by atoms with Crippen LogP contribution in [0.1, 0.15) is 23.7 Å². The summed E-state index contributed by atoms with van der Waals surface area (Å²) in [4.78, 5) is 5.27. The average molecular weight is 266 g/mol. The van der Waals surface area contributed by atoms with Gasteiger partial charge in [-0.05, 0) is 38.1 Å². The molecule has 0 atom stereocenters. The molecule has 1 aromatic carbocycles. The molecule has 0 spiro atoms. The molecule has 0 fully saturated rings. The molecule has 96 valence electrons. The Morgan fingerprint density at radius 3 is 2.56 bits per heavy atom. The van der Waals surface area contributed by atoms with E-state index in [1.54, 1.807) is 18.3 Å². The fourth-order valence-electron chi connectivity index (χ4n) is 1.35. The van der Waals surface area contributed by atoms with Crippen LogP contribution < -0.4 is 10.5 Å². The van der Waals surface area contributed by atoms with Crippen molar-refractivity contribution >= 4 is 11.3 Å². The highest BCUT2D eigenvalue weighted by Crippen LogP contribution is 2.24. The molecule has 5 heteroatoms. The largest absolute Gasteiger partial charge is 0.486 e. The third-order valence-corrected chi connectivity index (χ3v) is 3.67. The minimum Gasteiger partial charge on any atom is -0.486 e. The highest BCUT2D eigenvalue weighted by atomic mass is 32.1. The number of nitrogens with zero attached hydrogens (tertiary/aromatic N) is 1. The molecule has 0 amide bonds. The molecule has 0 saturated carbocycles. The summed E-state index contributed by atoms with van der Waals surface area (Å²) in [5.41, 5.74) is 5.60. The minimum absolute atomic E-state index is 0.274. The Hall–Kier alpha value is -1.46. The highest BCUT2D eigenvalue weighted by Gasteiger charge is 2.17. The van der Waals surface area contributed by atoms with Gasteiger partial charge >= 0.3 is 0 Å². The minimum atomic E-state index is -0.383. The lowest BCUT2D eigenvalue weighted by Crippen LogP contribution is -2.27. The fourth-order valence-corrected chi connectivity index (χ4v) is 2.20. The molecular weight excluding hydrogens is 251 g/mol. The monoisotopic (exact) mass is 266 g/mol. The van der Waals surface area contributed by atoms with E-state index in [0.29, 0.717) is 12.4 Å². The number of hydrogen-bond donors (Lipinski definition) is 1. The Bertz CT molecular complexity index is 517. The van der Waals surface area contributed by atoms with Crippen molar-refractivity contribution in [3.63, 3.8) is 0 Å². The Labute approximate surface area is 109 Å². The Balaban J connectivity index is 1.98. The van der Waals surface area contributed by atoms with Crippen molar-refractivity contribution in [1.82, 2.24) is 4.98 Å². The first-order chi connectivity index (χ1) is 8.45. The van der Waals surface area contributed by atoms with Crippen LogP contribution in [0, 0.1) is 5.82 Å². The van der Waals surface area contributed by atoms with Gasteiger partial charge in [0.05, 0.1) is 0 Å². The van der Waals surface area contributed by atoms with Crippen molar-refractivity contribution in [1.29, 1.82) is 0 Å². The van der Waals surface area contributed by atoms with E-state index in [9.17, 15) is 4.39 Å². The topological polar surface area (TPSA) is 48.1 Å². The molecule has 0 aliphatic heterocycles. The van der Waals surface area contributed by atoms with Gasteiger partial charge in [-0.1, -0.05) is 0 Å². The van der Waals surface area contributed by atoms with Crippen LogP contribution in [0.3, 0.4) is 0 Å². The molecule has 0 radical (unpaired) electrons. The predicted molar refractivity (Wildman–Crippen MR) is 70.1 cm³/mol. The number of benzene rings is 1. The highest BCUT2D eigenvalue weighted by molar-refractivity contribution is 7.11. The van der Waals surface area contributed by atoms with E-state index in [0.717, 1.165) is 9.88 Å². The van der Waals surface area contributed by atoms with Gasteiger partial charge in [0.1, 0.15) is 23.2 Å². The van der Waals surface area contributed by atoms with Crippen molar-refractivity contribution in [2.75, 3.05) is 0 Å². The second-order valence-electron chi connectivity index (χ2n) is 4.58. The van der Waals surface area contributed by atoms with Crippen molar-refractivity contribution < 1.29 is 9.13 Å². The van der Waals surface area contributed by atoms with Crippen LogP contribution in [-0.2, 0) is 12.1 Å². The first-order valence-corrected chi connectivity index (χ1v) is 6.39. The molecule has 0 aliphatic rings. The van der Waals surface area contributed by atoms with Crippen molar-refractivity contribution in [2.45, 2.75) is 26.0 Å². The zero-order valence-corrected chi connectivity index (χ0v) is 11.1. The Morgan fingerprint density at radius 2 is 2.00 bits per heavy atom. The lowest BCUT2D eigenvalue weighted by Gasteiger charge is -2.14. The van der Waals surface area contributed by atoms with Gasteiger partial charge in [-0.2, -0.15) is 0 Å². The first kappa shape index (κ1) is 13.0. The molecule has 0 unspecified atom stereocenters. The lowest BCUT2D eigenvalue weighted by atomic mass is 10.1. The van der Waals surface area contributed by atoms with Crippen LogP contribution in [0.15, 0.2) is 30.5 Å².